The van der Waals surface area contributed by atoms with Crippen molar-refractivity contribution in [2.45, 2.75) is 45.4 Å². The summed E-state index contributed by atoms with van der Waals surface area (Å²) in [7, 11) is 1.49. The van der Waals surface area contributed by atoms with Crippen LogP contribution in [0.3, 0.4) is 0 Å². The van der Waals surface area contributed by atoms with Crippen molar-refractivity contribution >= 4 is 11.8 Å². The topological polar surface area (TPSA) is 72.8 Å². The van der Waals surface area contributed by atoms with Gasteiger partial charge in [0.2, 0.25) is 0 Å². The number of benzene rings is 1. The Kier molecular flexibility index (Phi) is 9.27. The van der Waals surface area contributed by atoms with E-state index in [9.17, 15) is 14.7 Å². The Labute approximate surface area is 143 Å². The Morgan fingerprint density at radius 2 is 2.00 bits per heavy atom. The van der Waals surface area contributed by atoms with E-state index >= 15 is 0 Å². The lowest BCUT2D eigenvalue weighted by Gasteiger charge is -2.05. The molecule has 0 aliphatic heterocycles. The molecule has 1 rings (SSSR count). The van der Waals surface area contributed by atoms with Crippen molar-refractivity contribution in [2.75, 3.05) is 13.7 Å². The highest BCUT2D eigenvalue weighted by molar-refractivity contribution is 5.89. The highest BCUT2D eigenvalue weighted by Crippen LogP contribution is 2.26. The number of aryl methyl sites for hydroxylation is 1. The van der Waals surface area contributed by atoms with Gasteiger partial charge in [0.1, 0.15) is 0 Å². The zero-order valence-electron chi connectivity index (χ0n) is 14.4. The fraction of sp³-hybridized carbons (Fsp3) is 0.474. The molecule has 0 unspecified atom stereocenters. The average molecular weight is 334 g/mol. The molecule has 5 heteroatoms. The molecule has 0 fully saturated rings. The second-order valence-electron chi connectivity index (χ2n) is 5.43. The largest absolute Gasteiger partial charge is 0.504 e. The minimum Gasteiger partial charge on any atom is -0.504 e. The van der Waals surface area contributed by atoms with Crippen molar-refractivity contribution in [1.82, 2.24) is 0 Å². The molecule has 0 saturated carbocycles. The number of phenols is 1. The molecule has 0 amide bonds. The lowest BCUT2D eigenvalue weighted by atomic mass is 10.1. The monoisotopic (exact) mass is 334 g/mol. The van der Waals surface area contributed by atoms with Crippen molar-refractivity contribution in [2.24, 2.45) is 0 Å². The van der Waals surface area contributed by atoms with Crippen molar-refractivity contribution in [3.05, 3.63) is 35.9 Å². The molecule has 0 bridgehead atoms. The molecule has 1 N–H and O–H groups in total. The molecule has 132 valence electrons. The Morgan fingerprint density at radius 3 is 2.71 bits per heavy atom. The zero-order valence-corrected chi connectivity index (χ0v) is 14.4. The van der Waals surface area contributed by atoms with Gasteiger partial charge in [-0.05, 0) is 56.4 Å². The average Bonchev–Trinajstić information content (AvgIpc) is 2.57. The number of carbonyl (C=O) groups excluding carboxylic acids is 2. The molecular weight excluding hydrogens is 308 g/mol. The van der Waals surface area contributed by atoms with E-state index < -0.39 is 0 Å². The lowest BCUT2D eigenvalue weighted by Crippen LogP contribution is -2.02. The van der Waals surface area contributed by atoms with Gasteiger partial charge < -0.3 is 14.6 Å². The predicted molar refractivity (Wildman–Crippen MR) is 92.2 cm³/mol. The van der Waals surface area contributed by atoms with Crippen LogP contribution in [0.4, 0.5) is 0 Å². The summed E-state index contributed by atoms with van der Waals surface area (Å²) in [5, 5.41) is 9.53. The first-order valence-electron chi connectivity index (χ1n) is 8.27. The fourth-order valence-corrected chi connectivity index (χ4v) is 2.21. The Hall–Kier alpha value is -2.30. The summed E-state index contributed by atoms with van der Waals surface area (Å²) < 4.78 is 9.89. The van der Waals surface area contributed by atoms with Crippen LogP contribution in [-0.4, -0.2) is 30.6 Å². The number of carbonyl (C=O) groups is 2. The van der Waals surface area contributed by atoms with Crippen LogP contribution < -0.4 is 4.74 Å². The molecule has 0 aromatic heterocycles. The van der Waals surface area contributed by atoms with E-state index in [0.29, 0.717) is 31.6 Å². The molecule has 0 aliphatic rings. The first-order chi connectivity index (χ1) is 11.6. The Morgan fingerprint density at radius 1 is 1.21 bits per heavy atom. The third-order valence-corrected chi connectivity index (χ3v) is 3.51. The van der Waals surface area contributed by atoms with Crippen LogP contribution in [0.15, 0.2) is 30.4 Å². The number of phenolic OH excluding ortho intramolecular Hbond substituents is 1. The van der Waals surface area contributed by atoms with Crippen LogP contribution in [0.5, 0.6) is 11.5 Å². The Bertz CT molecular complexity index is 563. The lowest BCUT2D eigenvalue weighted by molar-refractivity contribution is -0.143. The molecular formula is C19H26O5. The summed E-state index contributed by atoms with van der Waals surface area (Å²) >= 11 is 0. The van der Waals surface area contributed by atoms with E-state index in [1.165, 1.54) is 7.11 Å². The predicted octanol–water partition coefficient (Wildman–Crippen LogP) is 3.58. The number of hydrogen-bond acceptors (Lipinski definition) is 5. The quantitative estimate of drug-likeness (QED) is 0.380. The zero-order chi connectivity index (χ0) is 17.8. The first-order valence-corrected chi connectivity index (χ1v) is 8.27. The van der Waals surface area contributed by atoms with E-state index in [2.05, 4.69) is 0 Å². The minimum atomic E-state index is -0.165. The third-order valence-electron chi connectivity index (χ3n) is 3.51. The first kappa shape index (κ1) is 19.7. The summed E-state index contributed by atoms with van der Waals surface area (Å²) in [4.78, 5) is 23.0. The molecule has 0 atom stereocenters. The molecule has 0 radical (unpaired) electrons. The van der Waals surface area contributed by atoms with Gasteiger partial charge in [0.25, 0.3) is 0 Å². The van der Waals surface area contributed by atoms with E-state index in [1.54, 1.807) is 31.2 Å². The second kappa shape index (κ2) is 11.3. The molecule has 1 aromatic carbocycles. The number of ketones is 1. The van der Waals surface area contributed by atoms with E-state index in [1.807, 2.05) is 6.08 Å². The summed E-state index contributed by atoms with van der Waals surface area (Å²) in [5.41, 5.74) is 0.945. The molecule has 1 aromatic rings. The molecule has 0 heterocycles. The summed E-state index contributed by atoms with van der Waals surface area (Å²) in [6.45, 7) is 2.21. The SMILES string of the molecule is CCOC(=O)CCCC/C=C/C(=O)CCc1ccc(O)c(OC)c1. The number of unbranched alkanes of at least 4 members (excludes halogenated alkanes) is 2. The number of aromatic hydroxyl groups is 1. The van der Waals surface area contributed by atoms with Crippen LogP contribution >= 0.6 is 0 Å². The van der Waals surface area contributed by atoms with Gasteiger partial charge in [0, 0.05) is 12.8 Å². The number of ether oxygens (including phenoxy) is 2. The maximum atomic E-state index is 11.8. The van der Waals surface area contributed by atoms with Crippen LogP contribution in [0, 0.1) is 0 Å². The molecule has 0 saturated heterocycles. The van der Waals surface area contributed by atoms with Gasteiger partial charge in [-0.3, -0.25) is 9.59 Å². The number of methoxy groups -OCH3 is 1. The Balaban J connectivity index is 2.23. The van der Waals surface area contributed by atoms with Crippen LogP contribution in [-0.2, 0) is 20.7 Å². The molecule has 24 heavy (non-hydrogen) atoms. The van der Waals surface area contributed by atoms with Gasteiger partial charge in [-0.2, -0.15) is 0 Å². The van der Waals surface area contributed by atoms with Crippen molar-refractivity contribution in [3.8, 4) is 11.5 Å². The van der Waals surface area contributed by atoms with E-state index in [-0.39, 0.29) is 17.5 Å². The van der Waals surface area contributed by atoms with Gasteiger partial charge >= 0.3 is 5.97 Å². The normalized spacial score (nSPS) is 10.8. The van der Waals surface area contributed by atoms with Crippen molar-refractivity contribution in [3.63, 3.8) is 0 Å². The van der Waals surface area contributed by atoms with Crippen molar-refractivity contribution < 1.29 is 24.2 Å². The van der Waals surface area contributed by atoms with Crippen molar-refractivity contribution in [1.29, 1.82) is 0 Å². The minimum absolute atomic E-state index is 0.0624. The van der Waals surface area contributed by atoms with E-state index in [0.717, 1.165) is 24.8 Å². The number of rotatable bonds is 11. The van der Waals surface area contributed by atoms with E-state index in [4.69, 9.17) is 9.47 Å². The van der Waals surface area contributed by atoms with Gasteiger partial charge in [0.05, 0.1) is 13.7 Å². The number of esters is 1. The van der Waals surface area contributed by atoms with Crippen LogP contribution in [0.25, 0.3) is 0 Å². The number of hydrogen-bond donors (Lipinski definition) is 1. The highest BCUT2D eigenvalue weighted by atomic mass is 16.5. The standard InChI is InChI=1S/C19H26O5/c1-3-24-19(22)9-7-5-4-6-8-16(20)12-10-15-11-13-17(21)18(14-15)23-2/h6,8,11,13-14,21H,3-5,7,9-10,12H2,1-2H3/b8-6+. The smallest absolute Gasteiger partial charge is 0.305 e. The maximum Gasteiger partial charge on any atom is 0.305 e. The summed E-state index contributed by atoms with van der Waals surface area (Å²) in [6.07, 6.45) is 7.29. The maximum absolute atomic E-state index is 11.8. The molecule has 0 aliphatic carbocycles. The molecule has 5 nitrogen and oxygen atoms in total. The second-order valence-corrected chi connectivity index (χ2v) is 5.43. The van der Waals surface area contributed by atoms with Gasteiger partial charge in [0.15, 0.2) is 17.3 Å². The summed E-state index contributed by atoms with van der Waals surface area (Å²) in [6, 6.07) is 5.09. The summed E-state index contributed by atoms with van der Waals surface area (Å²) in [5.74, 6) is 0.404. The highest BCUT2D eigenvalue weighted by Gasteiger charge is 2.04. The van der Waals surface area contributed by atoms with Crippen LogP contribution in [0.2, 0.25) is 0 Å². The third kappa shape index (κ3) is 7.81. The van der Waals surface area contributed by atoms with Gasteiger partial charge in [-0.1, -0.05) is 12.1 Å². The van der Waals surface area contributed by atoms with Crippen LogP contribution in [0.1, 0.15) is 44.6 Å². The molecule has 0 spiro atoms. The fourth-order valence-electron chi connectivity index (χ4n) is 2.21. The van der Waals surface area contributed by atoms with Gasteiger partial charge in [-0.25, -0.2) is 0 Å². The number of allylic oxidation sites excluding steroid dienone is 2. The van der Waals surface area contributed by atoms with Gasteiger partial charge in [-0.15, -0.1) is 0 Å².